The molecule has 9 nitrogen and oxygen atoms in total. The third-order valence-corrected chi connectivity index (χ3v) is 1.29. The van der Waals surface area contributed by atoms with Crippen LogP contribution in [0.25, 0.3) is 0 Å². The number of ether oxygens (including phenoxy) is 1. The zero-order valence-corrected chi connectivity index (χ0v) is 10.2. The first-order chi connectivity index (χ1) is 8.11. The highest BCUT2D eigenvalue weighted by molar-refractivity contribution is 6.30. The van der Waals surface area contributed by atoms with E-state index >= 15 is 0 Å². The largest absolute Gasteiger partial charge is 0.540 e. The molecule has 3 amide bonds. The van der Waals surface area contributed by atoms with Gasteiger partial charge in [0.25, 0.3) is 11.8 Å². The Hall–Kier alpha value is -2.32. The van der Waals surface area contributed by atoms with Gasteiger partial charge in [0, 0.05) is 0 Å². The van der Waals surface area contributed by atoms with Crippen molar-refractivity contribution in [2.24, 2.45) is 0 Å². The number of carbonyl (C=O) groups is 4. The highest BCUT2D eigenvalue weighted by Crippen LogP contribution is 2.05. The molecule has 0 unspecified atom stereocenters. The molecule has 0 saturated heterocycles. The summed E-state index contributed by atoms with van der Waals surface area (Å²) in [5.41, 5.74) is 2.61. The Balaban J connectivity index is 3.88. The normalized spacial score (nSPS) is 10.2. The zero-order chi connectivity index (χ0) is 14.3. The van der Waals surface area contributed by atoms with Crippen molar-refractivity contribution in [2.45, 2.75) is 26.4 Å². The number of nitrogens with one attached hydrogen (secondary N) is 3. The van der Waals surface area contributed by atoms with Gasteiger partial charge in [0.1, 0.15) is 18.1 Å². The Morgan fingerprint density at radius 1 is 1.11 bits per heavy atom. The maximum atomic E-state index is 11.1. The number of aliphatic carboxylic acids is 1. The summed E-state index contributed by atoms with van der Waals surface area (Å²) in [6.07, 6.45) is -0.816. The molecule has 0 atom stereocenters. The van der Waals surface area contributed by atoms with E-state index in [0.717, 1.165) is 0 Å². The molecule has 0 spiro atoms. The van der Waals surface area contributed by atoms with Crippen LogP contribution in [0.3, 0.4) is 0 Å². The predicted molar refractivity (Wildman–Crippen MR) is 55.5 cm³/mol. The fraction of sp³-hybridized carbons (Fsp3) is 0.556. The molecule has 0 aromatic heterocycles. The Labute approximate surface area is 103 Å². The van der Waals surface area contributed by atoms with E-state index in [0.29, 0.717) is 0 Å². The molecule has 102 valence electrons. The van der Waals surface area contributed by atoms with Crippen molar-refractivity contribution >= 4 is 23.9 Å². The number of hydrazine groups is 1. The van der Waals surface area contributed by atoms with E-state index in [-0.39, 0.29) is 0 Å². The lowest BCUT2D eigenvalue weighted by Crippen LogP contribution is -2.51. The van der Waals surface area contributed by atoms with E-state index in [1.807, 2.05) is 0 Å². The van der Waals surface area contributed by atoms with E-state index in [1.54, 1.807) is 31.6 Å². The van der Waals surface area contributed by atoms with Crippen molar-refractivity contribution in [1.29, 1.82) is 0 Å². The van der Waals surface area contributed by atoms with E-state index in [9.17, 15) is 24.3 Å². The molecular weight excluding hydrogens is 246 g/mol. The predicted octanol–water partition coefficient (Wildman–Crippen LogP) is -2.59. The minimum Gasteiger partial charge on any atom is -0.540 e. The second-order valence-electron chi connectivity index (χ2n) is 4.15. The van der Waals surface area contributed by atoms with Gasteiger partial charge in [0.2, 0.25) is 0 Å². The molecule has 0 fully saturated rings. The van der Waals surface area contributed by atoms with Crippen LogP contribution in [-0.4, -0.2) is 36.0 Å². The number of amides is 3. The van der Waals surface area contributed by atoms with Crippen LogP contribution in [0.15, 0.2) is 0 Å². The molecular formula is C9H14N3O6-. The van der Waals surface area contributed by atoms with Crippen molar-refractivity contribution in [2.75, 3.05) is 6.54 Å². The second-order valence-corrected chi connectivity index (χ2v) is 4.15. The smallest absolute Gasteiger partial charge is 0.408 e. The molecule has 0 aromatic rings. The molecule has 0 aromatic carbocycles. The summed E-state index contributed by atoms with van der Waals surface area (Å²) in [5.74, 6) is -4.31. The fourth-order valence-corrected chi connectivity index (χ4v) is 0.688. The van der Waals surface area contributed by atoms with Crippen molar-refractivity contribution < 1.29 is 29.0 Å². The van der Waals surface area contributed by atoms with Gasteiger partial charge in [-0.2, -0.15) is 0 Å². The lowest BCUT2D eigenvalue weighted by atomic mass is 10.2. The fourth-order valence-electron chi connectivity index (χ4n) is 0.688. The second kappa shape index (κ2) is 6.42. The van der Waals surface area contributed by atoms with Gasteiger partial charge in [-0.1, -0.05) is 0 Å². The van der Waals surface area contributed by atoms with Gasteiger partial charge >= 0.3 is 6.09 Å². The Morgan fingerprint density at radius 3 is 2.11 bits per heavy atom. The van der Waals surface area contributed by atoms with Gasteiger partial charge in [-0.15, -0.1) is 0 Å². The Morgan fingerprint density at radius 2 is 1.67 bits per heavy atom. The quantitative estimate of drug-likeness (QED) is 0.368. The summed E-state index contributed by atoms with van der Waals surface area (Å²) in [6.45, 7) is 4.45. The molecule has 0 aliphatic heterocycles. The highest BCUT2D eigenvalue weighted by Gasteiger charge is 2.16. The van der Waals surface area contributed by atoms with Crippen molar-refractivity contribution in [3.8, 4) is 0 Å². The number of hydrogen-bond donors (Lipinski definition) is 3. The summed E-state index contributed by atoms with van der Waals surface area (Å²) in [7, 11) is 0. The Kier molecular flexibility index (Phi) is 5.60. The van der Waals surface area contributed by atoms with E-state index in [2.05, 4.69) is 5.32 Å². The number of rotatable bonds is 2. The molecule has 0 bridgehead atoms. The summed E-state index contributed by atoms with van der Waals surface area (Å²) < 4.78 is 4.83. The lowest BCUT2D eigenvalue weighted by molar-refractivity contribution is -0.300. The van der Waals surface area contributed by atoms with E-state index in [1.165, 1.54) is 0 Å². The summed E-state index contributed by atoms with van der Waals surface area (Å²) in [5, 5.41) is 12.1. The van der Waals surface area contributed by atoms with Gasteiger partial charge in [0.05, 0.1) is 0 Å². The summed E-state index contributed by atoms with van der Waals surface area (Å²) in [4.78, 5) is 42.6. The van der Waals surface area contributed by atoms with Crippen molar-refractivity contribution in [3.63, 3.8) is 0 Å². The summed E-state index contributed by atoms with van der Waals surface area (Å²) in [6, 6.07) is 0. The van der Waals surface area contributed by atoms with E-state index in [4.69, 9.17) is 4.74 Å². The highest BCUT2D eigenvalue weighted by atomic mass is 16.6. The van der Waals surface area contributed by atoms with Crippen LogP contribution in [0.4, 0.5) is 4.79 Å². The van der Waals surface area contributed by atoms with Crippen LogP contribution in [0.2, 0.25) is 0 Å². The van der Waals surface area contributed by atoms with Gasteiger partial charge in [-0.3, -0.25) is 20.4 Å². The monoisotopic (exact) mass is 260 g/mol. The number of carboxylic acids is 1. The van der Waals surface area contributed by atoms with Crippen molar-refractivity contribution in [1.82, 2.24) is 16.2 Å². The maximum Gasteiger partial charge on any atom is 0.408 e. The number of alkyl carbamates (subject to hydrolysis) is 1. The average Bonchev–Trinajstić information content (AvgIpc) is 2.20. The average molecular weight is 260 g/mol. The van der Waals surface area contributed by atoms with Crippen LogP contribution in [0.1, 0.15) is 20.8 Å². The molecule has 0 heterocycles. The molecule has 0 aliphatic carbocycles. The standard InChI is InChI=1S/C9H15N3O6/c1-9(2,3)18-8(17)10-4-5(13)11-12-6(14)7(15)16/h4H2,1-3H3,(H,10,17)(H,11,13)(H,12,14)(H,15,16)/p-1. The minimum absolute atomic E-state index is 0.484. The summed E-state index contributed by atoms with van der Waals surface area (Å²) >= 11 is 0. The van der Waals surface area contributed by atoms with Crippen LogP contribution < -0.4 is 21.3 Å². The molecule has 3 N–H and O–H groups in total. The molecule has 9 heteroatoms. The lowest BCUT2D eigenvalue weighted by Gasteiger charge is -2.19. The molecule has 0 saturated carbocycles. The molecule has 0 radical (unpaired) electrons. The molecule has 18 heavy (non-hydrogen) atoms. The number of carboxylic acid groups (broad SMARTS) is 1. The molecule has 0 rings (SSSR count). The number of hydrogen-bond acceptors (Lipinski definition) is 6. The Bertz CT molecular complexity index is 360. The number of carbonyl (C=O) groups excluding carboxylic acids is 4. The van der Waals surface area contributed by atoms with Gasteiger partial charge in [0.15, 0.2) is 0 Å². The van der Waals surface area contributed by atoms with Gasteiger partial charge in [-0.05, 0) is 20.8 Å². The topological polar surface area (TPSA) is 137 Å². The van der Waals surface area contributed by atoms with Crippen LogP contribution in [0.5, 0.6) is 0 Å². The third kappa shape index (κ3) is 7.91. The third-order valence-electron chi connectivity index (χ3n) is 1.29. The van der Waals surface area contributed by atoms with Gasteiger partial charge in [-0.25, -0.2) is 4.79 Å². The first kappa shape index (κ1) is 15.7. The van der Waals surface area contributed by atoms with E-state index < -0.39 is 36.0 Å². The van der Waals surface area contributed by atoms with Gasteiger partial charge < -0.3 is 20.0 Å². The maximum absolute atomic E-state index is 11.1. The zero-order valence-electron chi connectivity index (χ0n) is 10.2. The first-order valence-electron chi connectivity index (χ1n) is 4.89. The SMILES string of the molecule is CC(C)(C)OC(=O)NCC(=O)NNC(=O)C(=O)[O-]. The first-order valence-corrected chi connectivity index (χ1v) is 4.89. The van der Waals surface area contributed by atoms with Crippen molar-refractivity contribution in [3.05, 3.63) is 0 Å². The minimum atomic E-state index is -1.99. The van der Waals surface area contributed by atoms with Crippen LogP contribution in [0, 0.1) is 0 Å². The molecule has 0 aliphatic rings. The van der Waals surface area contributed by atoms with Crippen LogP contribution in [-0.2, 0) is 19.1 Å². The van der Waals surface area contributed by atoms with Crippen LogP contribution >= 0.6 is 0 Å².